The molecule has 8 heteroatoms. The summed E-state index contributed by atoms with van der Waals surface area (Å²) in [6.07, 6.45) is -1.39. The van der Waals surface area contributed by atoms with E-state index < -0.39 is 12.3 Å². The highest BCUT2D eigenvalue weighted by Gasteiger charge is 2.34. The Bertz CT molecular complexity index is 829. The van der Waals surface area contributed by atoms with Crippen LogP contribution in [0.4, 0.5) is 10.5 Å². The number of fused-ring (bicyclic) bond motifs is 1. The van der Waals surface area contributed by atoms with Crippen molar-refractivity contribution >= 4 is 40.9 Å². The van der Waals surface area contributed by atoms with Crippen LogP contribution < -0.4 is 10.7 Å². The number of carbonyl (C=O) groups excluding carboxylic acids is 2. The molecule has 0 aliphatic carbocycles. The summed E-state index contributed by atoms with van der Waals surface area (Å²) in [7, 11) is 0. The molecular formula is C17H15Cl2N3O3. The number of nitrogens with one attached hydrogen (secondary N) is 2. The summed E-state index contributed by atoms with van der Waals surface area (Å²) >= 11 is 12.1. The van der Waals surface area contributed by atoms with Crippen molar-refractivity contribution in [1.29, 1.82) is 0 Å². The van der Waals surface area contributed by atoms with Gasteiger partial charge >= 0.3 is 6.09 Å². The molecule has 2 amide bonds. The molecule has 0 fully saturated rings. The summed E-state index contributed by atoms with van der Waals surface area (Å²) in [4.78, 5) is 24.7. The Kier molecular flexibility index (Phi) is 5.01. The highest BCUT2D eigenvalue weighted by Crippen LogP contribution is 2.34. The van der Waals surface area contributed by atoms with Crippen molar-refractivity contribution in [1.82, 2.24) is 10.4 Å². The van der Waals surface area contributed by atoms with Crippen molar-refractivity contribution in [3.8, 4) is 0 Å². The molecule has 0 spiro atoms. The highest BCUT2D eigenvalue weighted by molar-refractivity contribution is 6.42. The number of amides is 2. The van der Waals surface area contributed by atoms with Gasteiger partial charge in [-0.3, -0.25) is 4.79 Å². The number of anilines is 1. The largest absolute Gasteiger partial charge is 0.449 e. The molecule has 1 aliphatic rings. The third-order valence-corrected chi connectivity index (χ3v) is 4.41. The van der Waals surface area contributed by atoms with Gasteiger partial charge < -0.3 is 10.1 Å². The molecule has 2 N–H and O–H groups in total. The summed E-state index contributed by atoms with van der Waals surface area (Å²) < 4.78 is 4.89. The van der Waals surface area contributed by atoms with E-state index in [1.54, 1.807) is 43.3 Å². The van der Waals surface area contributed by atoms with Gasteiger partial charge in [0.1, 0.15) is 6.17 Å². The first-order valence-electron chi connectivity index (χ1n) is 7.58. The van der Waals surface area contributed by atoms with Crippen molar-refractivity contribution < 1.29 is 14.3 Å². The van der Waals surface area contributed by atoms with Gasteiger partial charge in [0.05, 0.1) is 22.2 Å². The van der Waals surface area contributed by atoms with Crippen molar-refractivity contribution in [3.63, 3.8) is 0 Å². The second-order valence-corrected chi connectivity index (χ2v) is 6.09. The molecule has 2 aromatic rings. The van der Waals surface area contributed by atoms with Crippen LogP contribution in [0.2, 0.25) is 10.0 Å². The smallest absolute Gasteiger partial charge is 0.426 e. The molecule has 6 nitrogen and oxygen atoms in total. The van der Waals surface area contributed by atoms with Gasteiger partial charge in [-0.15, -0.1) is 0 Å². The zero-order valence-corrected chi connectivity index (χ0v) is 14.8. The van der Waals surface area contributed by atoms with Gasteiger partial charge in [0.2, 0.25) is 0 Å². The van der Waals surface area contributed by atoms with Crippen molar-refractivity contribution in [2.75, 3.05) is 11.9 Å². The number of para-hydroxylation sites is 1. The lowest BCUT2D eigenvalue weighted by Gasteiger charge is -2.37. The number of benzene rings is 2. The minimum atomic E-state index is -0.720. The van der Waals surface area contributed by atoms with Gasteiger partial charge in [0.15, 0.2) is 0 Å². The maximum atomic E-state index is 12.8. The van der Waals surface area contributed by atoms with Crippen molar-refractivity contribution in [2.24, 2.45) is 0 Å². The first-order valence-corrected chi connectivity index (χ1v) is 8.34. The molecule has 0 bridgehead atoms. The molecule has 0 aromatic heterocycles. The van der Waals surface area contributed by atoms with Crippen molar-refractivity contribution in [2.45, 2.75) is 13.1 Å². The number of hydrazine groups is 1. The summed E-state index contributed by atoms with van der Waals surface area (Å²) in [5.74, 6) is -0.363. The molecule has 1 heterocycles. The van der Waals surface area contributed by atoms with E-state index in [0.29, 0.717) is 26.9 Å². The van der Waals surface area contributed by atoms with Gasteiger partial charge in [0.25, 0.3) is 5.91 Å². The maximum absolute atomic E-state index is 12.8. The van der Waals surface area contributed by atoms with Crippen LogP contribution >= 0.6 is 23.2 Å². The SMILES string of the molecule is CCOC(=O)NN1C(=O)c2ccccc2NC1c1ccc(Cl)c(Cl)c1. The Morgan fingerprint density at radius 1 is 1.24 bits per heavy atom. The molecule has 25 heavy (non-hydrogen) atoms. The second kappa shape index (κ2) is 7.21. The second-order valence-electron chi connectivity index (χ2n) is 5.27. The minimum Gasteiger partial charge on any atom is -0.449 e. The fraction of sp³-hybridized carbons (Fsp3) is 0.176. The average molecular weight is 380 g/mol. The number of hydrogen-bond donors (Lipinski definition) is 2. The molecule has 130 valence electrons. The lowest BCUT2D eigenvalue weighted by Crippen LogP contribution is -2.53. The normalized spacial score (nSPS) is 16.0. The maximum Gasteiger partial charge on any atom is 0.426 e. The Morgan fingerprint density at radius 3 is 2.72 bits per heavy atom. The van der Waals surface area contributed by atoms with Gasteiger partial charge in [-0.05, 0) is 36.8 Å². The molecule has 1 aliphatic heterocycles. The van der Waals surface area contributed by atoms with Crippen molar-refractivity contribution in [3.05, 3.63) is 63.6 Å². The number of halogens is 2. The molecule has 1 atom stereocenters. The van der Waals surface area contributed by atoms with E-state index in [1.165, 1.54) is 5.01 Å². The molecule has 0 saturated carbocycles. The Morgan fingerprint density at radius 2 is 2.00 bits per heavy atom. The lowest BCUT2D eigenvalue weighted by molar-refractivity contribution is 0.0506. The van der Waals surface area contributed by atoms with Gasteiger partial charge in [-0.1, -0.05) is 41.4 Å². The molecule has 3 rings (SSSR count). The summed E-state index contributed by atoms with van der Waals surface area (Å²) in [6.45, 7) is 1.87. The average Bonchev–Trinajstić information content (AvgIpc) is 2.60. The topological polar surface area (TPSA) is 70.7 Å². The fourth-order valence-electron chi connectivity index (χ4n) is 2.55. The highest BCUT2D eigenvalue weighted by atomic mass is 35.5. The molecule has 1 unspecified atom stereocenters. The summed E-state index contributed by atoms with van der Waals surface area (Å²) in [5.41, 5.74) is 4.24. The predicted octanol–water partition coefficient (Wildman–Crippen LogP) is 4.22. The first kappa shape index (κ1) is 17.4. The van der Waals surface area contributed by atoms with Crippen LogP contribution in [0.3, 0.4) is 0 Å². The van der Waals surface area contributed by atoms with E-state index in [9.17, 15) is 9.59 Å². The number of carbonyl (C=O) groups is 2. The third kappa shape index (κ3) is 3.50. The van der Waals surface area contributed by atoms with Gasteiger partial charge in [-0.25, -0.2) is 15.2 Å². The molecule has 0 radical (unpaired) electrons. The molecular weight excluding hydrogens is 365 g/mol. The quantitative estimate of drug-likeness (QED) is 0.837. The minimum absolute atomic E-state index is 0.190. The van der Waals surface area contributed by atoms with Crippen LogP contribution in [0, 0.1) is 0 Å². The van der Waals surface area contributed by atoms with Crippen LogP contribution in [0.25, 0.3) is 0 Å². The zero-order chi connectivity index (χ0) is 18.0. The monoisotopic (exact) mass is 379 g/mol. The standard InChI is InChI=1S/C17H15Cl2N3O3/c1-2-25-17(24)21-22-15(10-7-8-12(18)13(19)9-10)20-14-6-4-3-5-11(14)16(22)23/h3-9,15,20H,2H2,1H3,(H,21,24). The molecule has 2 aromatic carbocycles. The molecule has 0 saturated heterocycles. The zero-order valence-electron chi connectivity index (χ0n) is 13.3. The third-order valence-electron chi connectivity index (χ3n) is 3.67. The Hall–Kier alpha value is -2.44. The Balaban J connectivity index is 2.01. The van der Waals surface area contributed by atoms with E-state index >= 15 is 0 Å². The number of rotatable bonds is 3. The van der Waals surface area contributed by atoms with E-state index in [2.05, 4.69) is 10.7 Å². The van der Waals surface area contributed by atoms with Crippen LogP contribution in [-0.2, 0) is 4.74 Å². The van der Waals surface area contributed by atoms with Gasteiger partial charge in [0, 0.05) is 5.69 Å². The van der Waals surface area contributed by atoms with E-state index in [1.807, 2.05) is 6.07 Å². The van der Waals surface area contributed by atoms with Crippen LogP contribution in [-0.4, -0.2) is 23.6 Å². The van der Waals surface area contributed by atoms with E-state index in [4.69, 9.17) is 27.9 Å². The van der Waals surface area contributed by atoms with Gasteiger partial charge in [-0.2, -0.15) is 0 Å². The summed E-state index contributed by atoms with van der Waals surface area (Å²) in [5, 5.41) is 5.15. The fourth-order valence-corrected chi connectivity index (χ4v) is 2.85. The first-order chi connectivity index (χ1) is 12.0. The van der Waals surface area contributed by atoms with Crippen LogP contribution in [0.15, 0.2) is 42.5 Å². The van der Waals surface area contributed by atoms with E-state index in [0.717, 1.165) is 0 Å². The number of hydrogen-bond acceptors (Lipinski definition) is 4. The van der Waals surface area contributed by atoms with Crippen LogP contribution in [0.5, 0.6) is 0 Å². The summed E-state index contributed by atoms with van der Waals surface area (Å²) in [6, 6.07) is 12.0. The lowest BCUT2D eigenvalue weighted by atomic mass is 10.1. The van der Waals surface area contributed by atoms with E-state index in [-0.39, 0.29) is 12.5 Å². The Labute approximate surface area is 154 Å². The number of nitrogens with zero attached hydrogens (tertiary/aromatic N) is 1. The number of ether oxygens (including phenoxy) is 1. The van der Waals surface area contributed by atoms with Crippen LogP contribution in [0.1, 0.15) is 29.0 Å². The predicted molar refractivity (Wildman–Crippen MR) is 95.6 cm³/mol.